The molecule has 0 heterocycles. The Labute approximate surface area is 117 Å². The molecular weight excluding hydrogens is 375 g/mol. The molecule has 1 atom stereocenters. The van der Waals surface area contributed by atoms with Crippen LogP contribution in [0, 0.1) is 0 Å². The average Bonchev–Trinajstić information content (AvgIpc) is 2.35. The van der Waals surface area contributed by atoms with Crippen molar-refractivity contribution in [3.05, 3.63) is 0 Å². The lowest BCUT2D eigenvalue weighted by Crippen LogP contribution is -2.73. The summed E-state index contributed by atoms with van der Waals surface area (Å²) in [7, 11) is 0. The van der Waals surface area contributed by atoms with Gasteiger partial charge in [0.1, 0.15) is 0 Å². The predicted octanol–water partition coefficient (Wildman–Crippen LogP) is 2.51. The fraction of sp³-hybridized carbons (Fsp3) is 1.00. The highest BCUT2D eigenvalue weighted by atomic mass is 19.4. The van der Waals surface area contributed by atoms with E-state index in [9.17, 15) is 57.1 Å². The molecule has 23 heavy (non-hydrogen) atoms. The number of halogens is 13. The van der Waals surface area contributed by atoms with Crippen LogP contribution >= 0.6 is 0 Å². The summed E-state index contributed by atoms with van der Waals surface area (Å²) in [6.07, 6.45) is -11.7. The molecule has 16 heteroatoms. The van der Waals surface area contributed by atoms with Crippen LogP contribution in [0.25, 0.3) is 0 Å². The molecule has 3 nitrogen and oxygen atoms in total. The van der Waals surface area contributed by atoms with Crippen molar-refractivity contribution in [3.8, 4) is 0 Å². The van der Waals surface area contributed by atoms with Crippen molar-refractivity contribution in [2.45, 2.75) is 42.0 Å². The number of rotatable bonds is 6. The highest BCUT2D eigenvalue weighted by molar-refractivity contribution is 5.11. The molecule has 0 amide bonds. The van der Waals surface area contributed by atoms with Crippen LogP contribution in [0.4, 0.5) is 57.1 Å². The van der Waals surface area contributed by atoms with Gasteiger partial charge in [0.05, 0.1) is 0 Å². The molecule has 0 aromatic rings. The van der Waals surface area contributed by atoms with Crippen LogP contribution in [-0.4, -0.2) is 47.1 Å². The first-order valence-corrected chi connectivity index (χ1v) is 4.83. The van der Waals surface area contributed by atoms with E-state index in [4.69, 9.17) is 5.11 Å². The maximum Gasteiger partial charge on any atom is 0.460 e. The maximum atomic E-state index is 12.9. The number of hydrogen-bond acceptors (Lipinski definition) is 3. The number of nitrogens with one attached hydrogen (secondary N) is 1. The summed E-state index contributed by atoms with van der Waals surface area (Å²) in [5.74, 6) is -34.0. The Morgan fingerprint density at radius 1 is 0.609 bits per heavy atom. The number of hydrogen-bond donors (Lipinski definition) is 3. The summed E-state index contributed by atoms with van der Waals surface area (Å²) in [5, 5.41) is 8.26. The number of hydrazine groups is 1. The highest BCUT2D eigenvalue weighted by Gasteiger charge is 2.91. The summed E-state index contributed by atoms with van der Waals surface area (Å²) >= 11 is 0. The molecule has 4 N–H and O–H groups in total. The first kappa shape index (κ1) is 22.0. The first-order valence-electron chi connectivity index (χ1n) is 4.83. The zero-order valence-electron chi connectivity index (χ0n) is 10.0. The van der Waals surface area contributed by atoms with Gasteiger partial charge in [-0.15, -0.1) is 0 Å². The van der Waals surface area contributed by atoms with E-state index in [2.05, 4.69) is 5.84 Å². The van der Waals surface area contributed by atoms with E-state index >= 15 is 0 Å². The van der Waals surface area contributed by atoms with Gasteiger partial charge in [-0.1, -0.05) is 0 Å². The topological polar surface area (TPSA) is 58.3 Å². The second kappa shape index (κ2) is 5.51. The summed E-state index contributed by atoms with van der Waals surface area (Å²) in [4.78, 5) is 0. The molecule has 0 aliphatic carbocycles. The van der Waals surface area contributed by atoms with Crippen molar-refractivity contribution < 1.29 is 62.2 Å². The lowest BCUT2D eigenvalue weighted by Gasteiger charge is -2.40. The number of aliphatic hydroxyl groups is 1. The molecule has 0 rings (SSSR count). The minimum atomic E-state index is -8.00. The number of aliphatic hydroxyl groups excluding tert-OH is 1. The molecule has 0 saturated heterocycles. The molecule has 140 valence electrons. The van der Waals surface area contributed by atoms with E-state index in [-0.39, 0.29) is 0 Å². The largest absolute Gasteiger partial charge is 0.460 e. The predicted molar refractivity (Wildman–Crippen MR) is 44.1 cm³/mol. The molecule has 0 saturated carbocycles. The third kappa shape index (κ3) is 2.79. The Hall–Kier alpha value is -1.03. The van der Waals surface area contributed by atoms with E-state index in [0.29, 0.717) is 5.43 Å². The van der Waals surface area contributed by atoms with Crippen LogP contribution in [0.3, 0.4) is 0 Å². The zero-order valence-corrected chi connectivity index (χ0v) is 10.0. The second-order valence-electron chi connectivity index (χ2n) is 3.99. The van der Waals surface area contributed by atoms with Gasteiger partial charge in [0.15, 0.2) is 6.23 Å². The van der Waals surface area contributed by atoms with Crippen LogP contribution in [0.2, 0.25) is 0 Å². The second-order valence-corrected chi connectivity index (χ2v) is 3.99. The molecule has 0 spiro atoms. The van der Waals surface area contributed by atoms with Crippen LogP contribution in [0.1, 0.15) is 0 Å². The van der Waals surface area contributed by atoms with Crippen LogP contribution in [0.15, 0.2) is 0 Å². The Bertz CT molecular complexity index is 431. The van der Waals surface area contributed by atoms with E-state index in [1.54, 1.807) is 0 Å². The Morgan fingerprint density at radius 2 is 0.913 bits per heavy atom. The lowest BCUT2D eigenvalue weighted by molar-refractivity contribution is -0.445. The summed E-state index contributed by atoms with van der Waals surface area (Å²) in [6.45, 7) is 0. The SMILES string of the molecule is NNC(O)C(F)(F)C(F)(F)C(F)(F)C(F)(F)C(F)(F)C(F)(F)F. The first-order chi connectivity index (χ1) is 9.73. The Balaban J connectivity index is 6.25. The molecule has 0 aliphatic heterocycles. The third-order valence-electron chi connectivity index (χ3n) is 2.46. The van der Waals surface area contributed by atoms with Gasteiger partial charge in [0.2, 0.25) is 0 Å². The quantitative estimate of drug-likeness (QED) is 0.287. The van der Waals surface area contributed by atoms with Crippen molar-refractivity contribution in [2.24, 2.45) is 5.84 Å². The number of alkyl halides is 13. The van der Waals surface area contributed by atoms with Gasteiger partial charge in [-0.25, -0.2) is 5.43 Å². The van der Waals surface area contributed by atoms with Crippen molar-refractivity contribution in [3.63, 3.8) is 0 Å². The van der Waals surface area contributed by atoms with Crippen LogP contribution < -0.4 is 11.3 Å². The van der Waals surface area contributed by atoms with Crippen molar-refractivity contribution in [2.75, 3.05) is 0 Å². The average molecular weight is 380 g/mol. The molecule has 1 unspecified atom stereocenters. The van der Waals surface area contributed by atoms with Gasteiger partial charge in [-0.3, -0.25) is 5.84 Å². The molecular formula is C7H5F13N2O. The fourth-order valence-electron chi connectivity index (χ4n) is 1.06. The fourth-order valence-corrected chi connectivity index (χ4v) is 1.06. The Morgan fingerprint density at radius 3 is 1.17 bits per heavy atom. The van der Waals surface area contributed by atoms with Crippen molar-refractivity contribution in [1.82, 2.24) is 5.43 Å². The van der Waals surface area contributed by atoms with E-state index in [1.807, 2.05) is 0 Å². The van der Waals surface area contributed by atoms with Crippen molar-refractivity contribution in [1.29, 1.82) is 0 Å². The summed E-state index contributed by atoms with van der Waals surface area (Å²) in [5.41, 5.74) is 0.341. The van der Waals surface area contributed by atoms with Crippen LogP contribution in [0.5, 0.6) is 0 Å². The van der Waals surface area contributed by atoms with E-state index in [1.165, 1.54) is 0 Å². The third-order valence-corrected chi connectivity index (χ3v) is 2.46. The molecule has 0 aromatic heterocycles. The number of nitrogens with two attached hydrogens (primary N) is 1. The molecule has 0 radical (unpaired) electrons. The minimum Gasteiger partial charge on any atom is -0.371 e. The van der Waals surface area contributed by atoms with Gasteiger partial charge >= 0.3 is 35.8 Å². The highest BCUT2D eigenvalue weighted by Crippen LogP contribution is 2.60. The van der Waals surface area contributed by atoms with Gasteiger partial charge < -0.3 is 5.11 Å². The van der Waals surface area contributed by atoms with Gasteiger partial charge in [0, 0.05) is 0 Å². The molecule has 0 aromatic carbocycles. The van der Waals surface area contributed by atoms with Gasteiger partial charge in [-0.05, 0) is 0 Å². The standard InChI is InChI=1S/C7H5F13N2O/c8-2(9,1(23)22-21)3(10,11)4(12,13)5(14,15)6(16,17)7(18,19)20/h1,22-23H,21H2. The van der Waals surface area contributed by atoms with Gasteiger partial charge in [-0.2, -0.15) is 57.1 Å². The smallest absolute Gasteiger partial charge is 0.371 e. The molecule has 0 bridgehead atoms. The van der Waals surface area contributed by atoms with Gasteiger partial charge in [0.25, 0.3) is 0 Å². The lowest BCUT2D eigenvalue weighted by atomic mass is 9.93. The minimum absolute atomic E-state index is 0.341. The van der Waals surface area contributed by atoms with Crippen molar-refractivity contribution >= 4 is 0 Å². The van der Waals surface area contributed by atoms with E-state index < -0.39 is 42.0 Å². The van der Waals surface area contributed by atoms with E-state index in [0.717, 1.165) is 0 Å². The summed E-state index contributed by atoms with van der Waals surface area (Å²) < 4.78 is 162. The Kier molecular flexibility index (Phi) is 5.26. The van der Waals surface area contributed by atoms with Crippen LogP contribution in [-0.2, 0) is 0 Å². The summed E-state index contributed by atoms with van der Waals surface area (Å²) in [6, 6.07) is 0. The monoisotopic (exact) mass is 380 g/mol. The zero-order chi connectivity index (χ0) is 19.3. The molecule has 0 aliphatic rings. The maximum absolute atomic E-state index is 12.9. The molecule has 0 fully saturated rings. The normalized spacial score (nSPS) is 17.3.